The maximum atomic E-state index is 13.9. The van der Waals surface area contributed by atoms with Crippen molar-refractivity contribution >= 4 is 27.6 Å². The highest BCUT2D eigenvalue weighted by Gasteiger charge is 2.60. The van der Waals surface area contributed by atoms with Crippen LogP contribution in [0.4, 0.5) is 23.7 Å². The number of nitrogens with one attached hydrogen (secondary N) is 1. The second-order valence-electron chi connectivity index (χ2n) is 6.13. The maximum Gasteiger partial charge on any atom is 0.417 e. The van der Waals surface area contributed by atoms with Gasteiger partial charge in [0.15, 0.2) is 5.54 Å². The monoisotopic (exact) mass is 443 g/mol. The van der Waals surface area contributed by atoms with Crippen molar-refractivity contribution in [2.75, 3.05) is 18.6 Å². The molecular formula is C18H17BrF3N3O2. The molecule has 0 saturated carbocycles. The van der Waals surface area contributed by atoms with Crippen LogP contribution in [0.25, 0.3) is 0 Å². The van der Waals surface area contributed by atoms with E-state index in [-0.39, 0.29) is 17.8 Å². The van der Waals surface area contributed by atoms with Crippen LogP contribution < -0.4 is 20.7 Å². The molecule has 27 heavy (non-hydrogen) atoms. The minimum absolute atomic E-state index is 0.0972. The van der Waals surface area contributed by atoms with Crippen LogP contribution in [0.15, 0.2) is 46.9 Å². The largest absolute Gasteiger partial charge is 0.497 e. The Bertz CT molecular complexity index is 858. The van der Waals surface area contributed by atoms with Crippen LogP contribution in [0.2, 0.25) is 0 Å². The highest BCUT2D eigenvalue weighted by atomic mass is 79.9. The normalized spacial score (nSPS) is 19.5. The number of fused-ring (bicyclic) bond motifs is 1. The number of halogens is 4. The van der Waals surface area contributed by atoms with E-state index in [2.05, 4.69) is 21.2 Å². The van der Waals surface area contributed by atoms with E-state index in [0.29, 0.717) is 10.2 Å². The van der Waals surface area contributed by atoms with Gasteiger partial charge in [0.1, 0.15) is 5.75 Å². The Morgan fingerprint density at radius 2 is 1.89 bits per heavy atom. The number of amides is 2. The van der Waals surface area contributed by atoms with Gasteiger partial charge in [0, 0.05) is 16.6 Å². The highest BCUT2D eigenvalue weighted by Crippen LogP contribution is 2.46. The fourth-order valence-electron chi connectivity index (χ4n) is 3.08. The summed E-state index contributed by atoms with van der Waals surface area (Å²) >= 11 is 3.20. The number of alkyl halides is 3. The summed E-state index contributed by atoms with van der Waals surface area (Å²) < 4.78 is 47.2. The number of ether oxygens (including phenoxy) is 1. The maximum absolute atomic E-state index is 13.9. The summed E-state index contributed by atoms with van der Waals surface area (Å²) in [7, 11) is 1.53. The average molecular weight is 444 g/mol. The molecule has 0 aliphatic carbocycles. The number of nitrogens with two attached hydrogens (primary N) is 1. The zero-order valence-electron chi connectivity index (χ0n) is 14.3. The number of hydrogen-bond acceptors (Lipinski definition) is 3. The van der Waals surface area contributed by atoms with Gasteiger partial charge in [-0.05, 0) is 35.9 Å². The van der Waals surface area contributed by atoms with E-state index < -0.39 is 24.3 Å². The fraction of sp³-hybridized carbons (Fsp3) is 0.278. The molecule has 3 N–H and O–H groups in total. The Morgan fingerprint density at radius 3 is 2.44 bits per heavy atom. The number of anilines is 1. The molecule has 0 fully saturated rings. The van der Waals surface area contributed by atoms with Gasteiger partial charge < -0.3 is 15.8 Å². The lowest BCUT2D eigenvalue weighted by atomic mass is 9.85. The molecule has 0 bridgehead atoms. The van der Waals surface area contributed by atoms with E-state index in [1.807, 2.05) is 0 Å². The summed E-state index contributed by atoms with van der Waals surface area (Å²) in [5.74, 6) is 0.644. The zero-order valence-corrected chi connectivity index (χ0v) is 15.9. The molecular weight excluding hydrogens is 427 g/mol. The van der Waals surface area contributed by atoms with Gasteiger partial charge in [0.05, 0.1) is 19.3 Å². The number of carbonyl (C=O) groups is 1. The summed E-state index contributed by atoms with van der Waals surface area (Å²) in [6.45, 7) is -0.703. The zero-order chi connectivity index (χ0) is 19.8. The number of urea groups is 1. The van der Waals surface area contributed by atoms with Gasteiger partial charge in [-0.3, -0.25) is 4.90 Å². The van der Waals surface area contributed by atoms with E-state index in [4.69, 9.17) is 10.5 Å². The standard InChI is InChI=1S/C18H17BrF3N3O2/c1-27-13-5-2-11(3-6-13)9-25-15-7-4-12(19)8-14(15)17(10-23,18(20,21)22)24-16(25)26/h2-8H,9-10,23H2,1H3,(H,24,26). The quantitative estimate of drug-likeness (QED) is 0.752. The minimum Gasteiger partial charge on any atom is -0.497 e. The molecule has 0 aromatic heterocycles. The van der Waals surface area contributed by atoms with Crippen molar-refractivity contribution < 1.29 is 22.7 Å². The lowest BCUT2D eigenvalue weighted by Gasteiger charge is -2.44. The van der Waals surface area contributed by atoms with Gasteiger partial charge in [0.2, 0.25) is 0 Å². The van der Waals surface area contributed by atoms with Gasteiger partial charge in [0.25, 0.3) is 0 Å². The van der Waals surface area contributed by atoms with E-state index in [9.17, 15) is 18.0 Å². The van der Waals surface area contributed by atoms with Gasteiger partial charge in [-0.2, -0.15) is 13.2 Å². The Kier molecular flexibility index (Phi) is 5.09. The molecule has 5 nitrogen and oxygen atoms in total. The molecule has 9 heteroatoms. The minimum atomic E-state index is -4.75. The smallest absolute Gasteiger partial charge is 0.417 e. The molecule has 1 aliphatic rings. The second-order valence-corrected chi connectivity index (χ2v) is 7.05. The first-order valence-corrected chi connectivity index (χ1v) is 8.80. The van der Waals surface area contributed by atoms with Crippen LogP contribution >= 0.6 is 15.9 Å². The number of benzene rings is 2. The van der Waals surface area contributed by atoms with Crippen LogP contribution in [0, 0.1) is 0 Å². The summed E-state index contributed by atoms with van der Waals surface area (Å²) in [5.41, 5.74) is 3.67. The number of carbonyl (C=O) groups excluding carboxylic acids is 1. The van der Waals surface area contributed by atoms with Crippen LogP contribution in [0.1, 0.15) is 11.1 Å². The van der Waals surface area contributed by atoms with Crippen molar-refractivity contribution in [2.45, 2.75) is 18.3 Å². The topological polar surface area (TPSA) is 67.6 Å². The summed E-state index contributed by atoms with van der Waals surface area (Å²) in [6.07, 6.45) is -4.75. The third kappa shape index (κ3) is 3.37. The molecule has 2 amide bonds. The first kappa shape index (κ1) is 19.5. The van der Waals surface area contributed by atoms with E-state index in [0.717, 1.165) is 5.56 Å². The summed E-state index contributed by atoms with van der Waals surface area (Å²) in [6, 6.07) is 10.5. The SMILES string of the molecule is COc1ccc(CN2C(=O)NC(CN)(C(F)(F)F)c3cc(Br)ccc32)cc1. The Hall–Kier alpha value is -2.26. The van der Waals surface area contributed by atoms with Crippen LogP contribution in [0.5, 0.6) is 5.75 Å². The first-order valence-electron chi connectivity index (χ1n) is 8.01. The van der Waals surface area contributed by atoms with Gasteiger partial charge in [-0.25, -0.2) is 4.79 Å². The molecule has 1 atom stereocenters. The van der Waals surface area contributed by atoms with Crippen molar-refractivity contribution in [2.24, 2.45) is 5.73 Å². The molecule has 1 unspecified atom stereocenters. The highest BCUT2D eigenvalue weighted by molar-refractivity contribution is 9.10. The van der Waals surface area contributed by atoms with E-state index in [1.165, 1.54) is 24.1 Å². The molecule has 2 aromatic rings. The third-order valence-electron chi connectivity index (χ3n) is 4.56. The Balaban J connectivity index is 2.07. The first-order chi connectivity index (χ1) is 12.7. The molecule has 0 spiro atoms. The molecule has 2 aromatic carbocycles. The van der Waals surface area contributed by atoms with E-state index in [1.54, 1.807) is 30.3 Å². The molecule has 1 heterocycles. The molecule has 0 saturated heterocycles. The van der Waals surface area contributed by atoms with Crippen molar-refractivity contribution in [3.63, 3.8) is 0 Å². The van der Waals surface area contributed by atoms with Crippen molar-refractivity contribution in [3.05, 3.63) is 58.1 Å². The fourth-order valence-corrected chi connectivity index (χ4v) is 3.44. The van der Waals surface area contributed by atoms with E-state index >= 15 is 0 Å². The molecule has 144 valence electrons. The molecule has 0 radical (unpaired) electrons. The lowest BCUT2D eigenvalue weighted by Crippen LogP contribution is -2.66. The number of nitrogens with zero attached hydrogens (tertiary/aromatic N) is 1. The van der Waals surface area contributed by atoms with Crippen LogP contribution in [-0.2, 0) is 12.1 Å². The van der Waals surface area contributed by atoms with Crippen LogP contribution in [0.3, 0.4) is 0 Å². The van der Waals surface area contributed by atoms with Crippen LogP contribution in [-0.4, -0.2) is 25.9 Å². The number of methoxy groups -OCH3 is 1. The second kappa shape index (κ2) is 7.05. The van der Waals surface area contributed by atoms with Gasteiger partial charge in [-0.15, -0.1) is 0 Å². The third-order valence-corrected chi connectivity index (χ3v) is 5.06. The molecule has 1 aliphatic heterocycles. The van der Waals surface area contributed by atoms with Gasteiger partial charge >= 0.3 is 12.2 Å². The summed E-state index contributed by atoms with van der Waals surface area (Å²) in [4.78, 5) is 13.9. The Morgan fingerprint density at radius 1 is 1.22 bits per heavy atom. The van der Waals surface area contributed by atoms with Crippen molar-refractivity contribution in [3.8, 4) is 5.75 Å². The lowest BCUT2D eigenvalue weighted by molar-refractivity contribution is -0.194. The molecule has 3 rings (SSSR count). The summed E-state index contributed by atoms with van der Waals surface area (Å²) in [5, 5.41) is 2.09. The Labute approximate surface area is 162 Å². The number of rotatable bonds is 4. The van der Waals surface area contributed by atoms with Gasteiger partial charge in [-0.1, -0.05) is 28.1 Å². The number of hydrogen-bond donors (Lipinski definition) is 2. The predicted octanol–water partition coefficient (Wildman–Crippen LogP) is 3.90. The van der Waals surface area contributed by atoms with Crippen molar-refractivity contribution in [1.82, 2.24) is 5.32 Å². The average Bonchev–Trinajstić information content (AvgIpc) is 2.63. The predicted molar refractivity (Wildman–Crippen MR) is 98.6 cm³/mol. The van der Waals surface area contributed by atoms with Crippen molar-refractivity contribution in [1.29, 1.82) is 0 Å².